The van der Waals surface area contributed by atoms with Crippen LogP contribution in [0.4, 0.5) is 22.7 Å². The van der Waals surface area contributed by atoms with E-state index in [2.05, 4.69) is 122 Å². The Hall–Kier alpha value is -6.88. The first-order chi connectivity index (χ1) is 32.7. The molecular weight excluding hydrogens is 942 g/mol. The van der Waals surface area contributed by atoms with E-state index in [1.165, 1.54) is 10.1 Å². The SMILES string of the molecule is [2H]c1c([2H])c([2H])c2c(c1[2H])c1ccc(Oc3[c-]c(N4[CH-]N(c5c(-c6ccccc6)cc(C(C)(C)C)cc5-c5ccccc5)c5ccccc54)ccc3)[c-]c1n2-c1nc2ccccc2n1C([2H])([2H])[2H].[Pt]. The molecular formula is C55H42N5OPt-3. The van der Waals surface area contributed by atoms with Crippen LogP contribution in [0.25, 0.3) is 61.0 Å². The van der Waals surface area contributed by atoms with Crippen molar-refractivity contribution in [3.8, 4) is 39.7 Å². The molecule has 7 heteroatoms. The summed E-state index contributed by atoms with van der Waals surface area (Å²) < 4.78 is 70.0. The second-order valence-corrected chi connectivity index (χ2v) is 16.1. The second kappa shape index (κ2) is 15.5. The number of anilines is 4. The van der Waals surface area contributed by atoms with E-state index in [0.717, 1.165) is 43.9 Å². The monoisotopic (exact) mass is 990 g/mol. The van der Waals surface area contributed by atoms with Crippen LogP contribution in [-0.2, 0) is 33.5 Å². The number of imidazole rings is 1. The van der Waals surface area contributed by atoms with Gasteiger partial charge in [-0.05, 0) is 69.9 Å². The van der Waals surface area contributed by atoms with Crippen molar-refractivity contribution in [1.82, 2.24) is 14.1 Å². The fraction of sp³-hybridized carbons (Fsp3) is 0.0909. The van der Waals surface area contributed by atoms with Gasteiger partial charge in [0.15, 0.2) is 0 Å². The van der Waals surface area contributed by atoms with Crippen LogP contribution in [-0.4, -0.2) is 14.1 Å². The van der Waals surface area contributed by atoms with Gasteiger partial charge in [-0.2, -0.15) is 12.1 Å². The molecule has 0 fully saturated rings. The van der Waals surface area contributed by atoms with Gasteiger partial charge in [-0.3, -0.25) is 0 Å². The van der Waals surface area contributed by atoms with Gasteiger partial charge in [0.2, 0.25) is 5.95 Å². The molecule has 306 valence electrons. The first kappa shape index (κ1) is 31.9. The summed E-state index contributed by atoms with van der Waals surface area (Å²) in [7, 11) is 0. The predicted octanol–water partition coefficient (Wildman–Crippen LogP) is 14.1. The van der Waals surface area contributed by atoms with Crippen LogP contribution in [0.2, 0.25) is 0 Å². The zero-order chi connectivity index (χ0) is 47.2. The normalized spacial score (nSPS) is 14.4. The van der Waals surface area contributed by atoms with E-state index in [4.69, 9.17) is 19.3 Å². The van der Waals surface area contributed by atoms with Crippen LogP contribution in [0, 0.1) is 18.8 Å². The molecule has 6 nitrogen and oxygen atoms in total. The van der Waals surface area contributed by atoms with Crippen LogP contribution in [0.3, 0.4) is 0 Å². The summed E-state index contributed by atoms with van der Waals surface area (Å²) in [5.74, 6) is 0.562. The van der Waals surface area contributed by atoms with Crippen molar-refractivity contribution in [1.29, 1.82) is 0 Å². The number of hydrogen-bond acceptors (Lipinski definition) is 4. The molecule has 0 radical (unpaired) electrons. The van der Waals surface area contributed by atoms with Gasteiger partial charge in [0.25, 0.3) is 0 Å². The summed E-state index contributed by atoms with van der Waals surface area (Å²) in [6.07, 6.45) is 0. The number of aryl methyl sites for hydroxylation is 1. The molecule has 0 aliphatic carbocycles. The van der Waals surface area contributed by atoms with Crippen LogP contribution >= 0.6 is 0 Å². The Bertz CT molecular complexity index is 3560. The minimum atomic E-state index is -2.70. The summed E-state index contributed by atoms with van der Waals surface area (Å²) in [6.45, 7) is 6.12. The summed E-state index contributed by atoms with van der Waals surface area (Å²) in [4.78, 5) is 9.10. The summed E-state index contributed by atoms with van der Waals surface area (Å²) in [5, 5.41) is 0.628. The zero-order valence-corrected chi connectivity index (χ0v) is 36.2. The number of para-hydroxylation sites is 5. The topological polar surface area (TPSA) is 38.5 Å². The van der Waals surface area contributed by atoms with Crippen molar-refractivity contribution in [3.63, 3.8) is 0 Å². The van der Waals surface area contributed by atoms with Gasteiger partial charge in [-0.15, -0.1) is 48.1 Å². The average molecular weight is 991 g/mol. The van der Waals surface area contributed by atoms with Crippen LogP contribution < -0.4 is 14.5 Å². The number of fused-ring (bicyclic) bond motifs is 5. The van der Waals surface area contributed by atoms with Gasteiger partial charge in [0.1, 0.15) is 0 Å². The maximum absolute atomic E-state index is 9.06. The molecule has 10 aromatic rings. The minimum Gasteiger partial charge on any atom is -0.509 e. The number of nitrogens with zero attached hydrogens (tertiary/aromatic N) is 5. The third-order valence-corrected chi connectivity index (χ3v) is 11.3. The standard InChI is InChI=1S/C55H42N5O.Pt/c1-55(2,3)39-32-45(37-18-7-5-8-19-37)53(46(33-39)38-20-9-6-10-21-38)59-36-58(50-28-15-16-29-51(50)59)40-22-17-23-41(34-40)61-42-30-31-44-43-24-11-13-26-48(43)60(52(44)35-42)54-56-47-25-12-14-27-49(47)57(54)4;/h5-33,36H,1-4H3;/q-3;/i4D3,11D,13D,24D,26D;. The molecule has 0 spiro atoms. The van der Waals surface area contributed by atoms with Gasteiger partial charge in [0, 0.05) is 77.4 Å². The first-order valence-corrected chi connectivity index (χ1v) is 20.1. The number of rotatable bonds is 7. The second-order valence-electron chi connectivity index (χ2n) is 16.1. The molecule has 0 saturated heterocycles. The van der Waals surface area contributed by atoms with Crippen molar-refractivity contribution >= 4 is 55.6 Å². The Morgan fingerprint density at radius 2 is 1.29 bits per heavy atom. The smallest absolute Gasteiger partial charge is 0.213 e. The summed E-state index contributed by atoms with van der Waals surface area (Å²) in [5.41, 5.74) is 10.2. The Morgan fingerprint density at radius 1 is 0.645 bits per heavy atom. The molecule has 0 saturated carbocycles. The average Bonchev–Trinajstić information content (AvgIpc) is 4.03. The number of benzene rings is 8. The maximum atomic E-state index is 9.06. The predicted molar refractivity (Wildman–Crippen MR) is 250 cm³/mol. The molecule has 1 aliphatic heterocycles. The third kappa shape index (κ3) is 6.67. The van der Waals surface area contributed by atoms with E-state index in [1.807, 2.05) is 36.4 Å². The number of aromatic nitrogens is 3. The van der Waals surface area contributed by atoms with E-state index in [0.29, 0.717) is 27.9 Å². The van der Waals surface area contributed by atoms with Gasteiger partial charge in [-0.1, -0.05) is 129 Å². The van der Waals surface area contributed by atoms with E-state index in [-0.39, 0.29) is 66.7 Å². The van der Waals surface area contributed by atoms with E-state index < -0.39 is 19.1 Å². The van der Waals surface area contributed by atoms with Crippen molar-refractivity contribution in [2.45, 2.75) is 26.2 Å². The summed E-state index contributed by atoms with van der Waals surface area (Å²) in [6, 6.07) is 55.1. The molecule has 0 N–H and O–H groups in total. The largest absolute Gasteiger partial charge is 0.509 e. The van der Waals surface area contributed by atoms with Gasteiger partial charge in [-0.25, -0.2) is 4.98 Å². The third-order valence-electron chi connectivity index (χ3n) is 11.3. The minimum absolute atomic E-state index is 0. The quantitative estimate of drug-likeness (QED) is 0.149. The van der Waals surface area contributed by atoms with Crippen molar-refractivity contribution in [2.24, 2.45) is 6.98 Å². The van der Waals surface area contributed by atoms with E-state index in [1.54, 1.807) is 42.5 Å². The number of hydrogen-bond donors (Lipinski definition) is 0. The molecule has 0 amide bonds. The molecule has 11 rings (SSSR count). The molecule has 0 bridgehead atoms. The van der Waals surface area contributed by atoms with Crippen LogP contribution in [0.1, 0.15) is 35.9 Å². The molecule has 2 aromatic heterocycles. The van der Waals surface area contributed by atoms with Crippen molar-refractivity contribution in [3.05, 3.63) is 200 Å². The fourth-order valence-electron chi connectivity index (χ4n) is 8.28. The van der Waals surface area contributed by atoms with Crippen molar-refractivity contribution in [2.75, 3.05) is 9.80 Å². The molecule has 3 heterocycles. The number of ether oxygens (including phenoxy) is 1. The Labute approximate surface area is 386 Å². The molecule has 62 heavy (non-hydrogen) atoms. The van der Waals surface area contributed by atoms with Crippen LogP contribution in [0.5, 0.6) is 11.5 Å². The van der Waals surface area contributed by atoms with Crippen LogP contribution in [0.15, 0.2) is 176 Å². The van der Waals surface area contributed by atoms with E-state index >= 15 is 0 Å². The molecule has 1 aliphatic rings. The zero-order valence-electron chi connectivity index (χ0n) is 41.0. The summed E-state index contributed by atoms with van der Waals surface area (Å²) >= 11 is 0. The van der Waals surface area contributed by atoms with Gasteiger partial charge >= 0.3 is 0 Å². The van der Waals surface area contributed by atoms with Gasteiger partial charge < -0.3 is 23.7 Å². The van der Waals surface area contributed by atoms with E-state index in [9.17, 15) is 0 Å². The maximum Gasteiger partial charge on any atom is 0.213 e. The Morgan fingerprint density at radius 3 is 2.00 bits per heavy atom. The Balaban J connectivity index is 0.00000553. The van der Waals surface area contributed by atoms with Gasteiger partial charge in [0.05, 0.1) is 16.5 Å². The molecule has 0 unspecified atom stereocenters. The van der Waals surface area contributed by atoms with Crippen molar-refractivity contribution < 1.29 is 35.4 Å². The molecule has 8 aromatic carbocycles. The Kier molecular flexibility index (Phi) is 8.00. The first-order valence-electron chi connectivity index (χ1n) is 23.6. The fourth-order valence-corrected chi connectivity index (χ4v) is 8.28. The molecule has 0 atom stereocenters.